The number of nitrogens with zero attached hydrogens (tertiary/aromatic N) is 3. The van der Waals surface area contributed by atoms with Gasteiger partial charge in [0.05, 0.1) is 36.8 Å². The molecular formula is C44H72N4O7. The summed E-state index contributed by atoms with van der Waals surface area (Å²) >= 11 is 0. The fourth-order valence-electron chi connectivity index (χ4n) is 10.2. The fourth-order valence-corrected chi connectivity index (χ4v) is 10.2. The predicted octanol–water partition coefficient (Wildman–Crippen LogP) is 5.67. The molecule has 1 saturated carbocycles. The maximum absolute atomic E-state index is 14.4. The van der Waals surface area contributed by atoms with Crippen LogP contribution in [0.25, 0.3) is 0 Å². The van der Waals surface area contributed by atoms with E-state index in [1.165, 1.54) is 0 Å². The minimum atomic E-state index is -0.556. The zero-order valence-electron chi connectivity index (χ0n) is 35.5. The van der Waals surface area contributed by atoms with Crippen molar-refractivity contribution >= 4 is 29.1 Å². The van der Waals surface area contributed by atoms with Crippen LogP contribution in [0.4, 0.5) is 5.69 Å². The summed E-state index contributed by atoms with van der Waals surface area (Å²) in [6, 6.07) is 7.47. The van der Waals surface area contributed by atoms with Crippen LogP contribution in [0.2, 0.25) is 0 Å². The SMILES string of the molecule is CC[C@H](C)[C@@H]([C@@H](CC(=O)N1CCC[C@H]1[C@H](OC)[C@@H](C)C(=O)C[C@H](COC)Cc1cccc(N)c1)OC)N(C)C(=O)[C@@H](CC(=O)[C@@H]1[C@H]2CC[C@H](C2)N1C)C(C)C. The van der Waals surface area contributed by atoms with Crippen LogP contribution in [-0.2, 0) is 39.8 Å². The number of fused-ring (bicyclic) bond motifs is 2. The van der Waals surface area contributed by atoms with Crippen molar-refractivity contribution in [1.82, 2.24) is 14.7 Å². The topological polar surface area (TPSA) is 132 Å². The van der Waals surface area contributed by atoms with E-state index in [4.69, 9.17) is 19.9 Å². The molecule has 2 saturated heterocycles. The van der Waals surface area contributed by atoms with Crippen molar-refractivity contribution in [3.8, 4) is 0 Å². The third-order valence-corrected chi connectivity index (χ3v) is 13.5. The molecule has 2 N–H and O–H groups in total. The summed E-state index contributed by atoms with van der Waals surface area (Å²) in [5, 5.41) is 0. The average molecular weight is 769 g/mol. The van der Waals surface area contributed by atoms with Crippen LogP contribution in [0.15, 0.2) is 24.3 Å². The number of nitrogens with two attached hydrogens (primary N) is 1. The monoisotopic (exact) mass is 769 g/mol. The van der Waals surface area contributed by atoms with Crippen LogP contribution in [0.3, 0.4) is 0 Å². The number of amides is 2. The Morgan fingerprint density at radius 2 is 1.71 bits per heavy atom. The van der Waals surface area contributed by atoms with Gasteiger partial charge in [-0.1, -0.05) is 53.2 Å². The molecule has 4 rings (SSSR count). The maximum Gasteiger partial charge on any atom is 0.226 e. The molecule has 0 unspecified atom stereocenters. The quantitative estimate of drug-likeness (QED) is 0.148. The number of anilines is 1. The summed E-state index contributed by atoms with van der Waals surface area (Å²) in [7, 11) is 8.76. The molecule has 310 valence electrons. The van der Waals surface area contributed by atoms with E-state index in [2.05, 4.69) is 25.8 Å². The number of Topliss-reactive ketones (excluding diaryl/α,β-unsaturated/α-hetero) is 2. The third kappa shape index (κ3) is 10.8. The van der Waals surface area contributed by atoms with Gasteiger partial charge in [0.1, 0.15) is 5.78 Å². The van der Waals surface area contributed by atoms with E-state index in [1.54, 1.807) is 26.2 Å². The van der Waals surface area contributed by atoms with Crippen LogP contribution >= 0.6 is 0 Å². The standard InChI is InChI=1S/C44H72N4O7/c1-11-28(4)41(47(7)44(52)35(27(2)3)24-38(50)42-32-17-18-34(23-32)46(42)6)39(54-9)25-40(51)48-19-13-16-36(48)43(55-10)29(5)37(49)22-31(26-53-8)20-30-14-12-15-33(45)21-30/h12,14-15,21,27-29,31-32,34-36,39,41-43H,11,13,16-20,22-26,45H2,1-10H3/t28-,29-,31+,32-,34+,35-,36-,39+,41-,42-,43+/m0/s1. The number of likely N-dealkylation sites (tertiary alicyclic amines) is 2. The van der Waals surface area contributed by atoms with E-state index >= 15 is 0 Å². The second-order valence-electron chi connectivity index (χ2n) is 17.4. The number of ketones is 2. The van der Waals surface area contributed by atoms with Crippen LogP contribution in [0.5, 0.6) is 0 Å². The van der Waals surface area contributed by atoms with Gasteiger partial charge in [0, 0.05) is 77.9 Å². The number of piperidine rings is 1. The number of ether oxygens (including phenoxy) is 3. The Morgan fingerprint density at radius 1 is 0.982 bits per heavy atom. The highest BCUT2D eigenvalue weighted by Gasteiger charge is 2.48. The Balaban J connectivity index is 1.45. The third-order valence-electron chi connectivity index (χ3n) is 13.5. The van der Waals surface area contributed by atoms with Gasteiger partial charge in [0.2, 0.25) is 11.8 Å². The van der Waals surface area contributed by atoms with Gasteiger partial charge in [-0.3, -0.25) is 24.1 Å². The molecule has 2 amide bonds. The Hall–Kier alpha value is -2.86. The molecule has 3 fully saturated rings. The lowest BCUT2D eigenvalue weighted by molar-refractivity contribution is -0.149. The molecule has 11 nitrogen and oxygen atoms in total. The van der Waals surface area contributed by atoms with E-state index in [0.717, 1.165) is 44.1 Å². The second-order valence-corrected chi connectivity index (χ2v) is 17.4. The number of carbonyl (C=O) groups excluding carboxylic acids is 4. The lowest BCUT2D eigenvalue weighted by Crippen LogP contribution is -2.54. The molecule has 0 spiro atoms. The maximum atomic E-state index is 14.4. The van der Waals surface area contributed by atoms with Gasteiger partial charge in [0.15, 0.2) is 5.78 Å². The Kier molecular flexibility index (Phi) is 16.7. The number of rotatable bonds is 22. The first-order valence-corrected chi connectivity index (χ1v) is 20.9. The van der Waals surface area contributed by atoms with Crippen molar-refractivity contribution < 1.29 is 33.4 Å². The summed E-state index contributed by atoms with van der Waals surface area (Å²) in [6.45, 7) is 11.1. The summed E-state index contributed by atoms with van der Waals surface area (Å²) in [5.41, 5.74) is 7.76. The lowest BCUT2D eigenvalue weighted by Gasteiger charge is -2.41. The normalized spacial score (nSPS) is 25.0. The van der Waals surface area contributed by atoms with E-state index in [-0.39, 0.29) is 72.1 Å². The molecule has 3 aliphatic rings. The summed E-state index contributed by atoms with van der Waals surface area (Å²) in [5.74, 6) is -0.394. The Bertz CT molecular complexity index is 1440. The van der Waals surface area contributed by atoms with Crippen molar-refractivity contribution in [2.75, 3.05) is 54.3 Å². The number of hydrogen-bond donors (Lipinski definition) is 1. The molecule has 55 heavy (non-hydrogen) atoms. The van der Waals surface area contributed by atoms with Crippen molar-refractivity contribution in [3.05, 3.63) is 29.8 Å². The van der Waals surface area contributed by atoms with E-state index in [9.17, 15) is 19.2 Å². The Morgan fingerprint density at radius 3 is 2.29 bits per heavy atom. The van der Waals surface area contributed by atoms with E-state index in [0.29, 0.717) is 43.6 Å². The highest BCUT2D eigenvalue weighted by Crippen LogP contribution is 2.42. The van der Waals surface area contributed by atoms with Gasteiger partial charge < -0.3 is 29.7 Å². The number of nitrogen functional groups attached to an aromatic ring is 1. The summed E-state index contributed by atoms with van der Waals surface area (Å²) in [6.07, 6.45) is 5.93. The van der Waals surface area contributed by atoms with Gasteiger partial charge in [-0.15, -0.1) is 0 Å². The van der Waals surface area contributed by atoms with Crippen LogP contribution in [0, 0.1) is 35.5 Å². The molecule has 11 heteroatoms. The first kappa shape index (κ1) is 44.8. The number of carbonyl (C=O) groups is 4. The minimum absolute atomic E-state index is 0.0206. The van der Waals surface area contributed by atoms with Gasteiger partial charge in [-0.05, 0) is 86.9 Å². The van der Waals surface area contributed by atoms with Gasteiger partial charge in [-0.2, -0.15) is 0 Å². The summed E-state index contributed by atoms with van der Waals surface area (Å²) < 4.78 is 17.6. The van der Waals surface area contributed by atoms with Crippen molar-refractivity contribution in [3.63, 3.8) is 0 Å². The lowest BCUT2D eigenvalue weighted by atomic mass is 9.83. The molecule has 0 radical (unpaired) electrons. The number of likely N-dealkylation sites (N-methyl/N-ethyl adjacent to an activating group) is 2. The van der Waals surface area contributed by atoms with E-state index < -0.39 is 24.0 Å². The number of methoxy groups -OCH3 is 3. The van der Waals surface area contributed by atoms with Crippen LogP contribution < -0.4 is 5.73 Å². The first-order chi connectivity index (χ1) is 26.2. The minimum Gasteiger partial charge on any atom is -0.399 e. The Labute approximate surface area is 331 Å². The van der Waals surface area contributed by atoms with Crippen molar-refractivity contribution in [2.24, 2.45) is 35.5 Å². The van der Waals surface area contributed by atoms with Crippen molar-refractivity contribution in [2.45, 2.75) is 135 Å². The molecule has 1 aliphatic carbocycles. The summed E-state index contributed by atoms with van der Waals surface area (Å²) in [4.78, 5) is 62.2. The van der Waals surface area contributed by atoms with Crippen LogP contribution in [-0.4, -0.2) is 123 Å². The van der Waals surface area contributed by atoms with E-state index in [1.807, 2.05) is 57.0 Å². The molecule has 1 aromatic rings. The number of benzene rings is 1. The fraction of sp³-hybridized carbons (Fsp3) is 0.773. The highest BCUT2D eigenvalue weighted by molar-refractivity contribution is 5.90. The molecule has 2 aliphatic heterocycles. The molecule has 1 aromatic carbocycles. The smallest absolute Gasteiger partial charge is 0.226 e. The van der Waals surface area contributed by atoms with Gasteiger partial charge in [0.25, 0.3) is 0 Å². The van der Waals surface area contributed by atoms with Gasteiger partial charge in [-0.25, -0.2) is 0 Å². The highest BCUT2D eigenvalue weighted by atomic mass is 16.5. The number of hydrogen-bond acceptors (Lipinski definition) is 9. The van der Waals surface area contributed by atoms with Gasteiger partial charge >= 0.3 is 0 Å². The zero-order chi connectivity index (χ0) is 40.6. The van der Waals surface area contributed by atoms with Crippen molar-refractivity contribution in [1.29, 1.82) is 0 Å². The molecule has 2 heterocycles. The molecule has 2 bridgehead atoms. The zero-order valence-corrected chi connectivity index (χ0v) is 35.5. The molecule has 11 atom stereocenters. The second kappa shape index (κ2) is 20.5. The molecule has 0 aromatic heterocycles. The predicted molar refractivity (Wildman–Crippen MR) is 216 cm³/mol. The largest absolute Gasteiger partial charge is 0.399 e. The first-order valence-electron chi connectivity index (χ1n) is 20.9. The van der Waals surface area contributed by atoms with Crippen LogP contribution in [0.1, 0.15) is 98.0 Å². The molecular weight excluding hydrogens is 697 g/mol. The average Bonchev–Trinajstić information content (AvgIpc) is 3.91.